The lowest BCUT2D eigenvalue weighted by molar-refractivity contribution is 0.168. The Hall–Kier alpha value is -1.23. The summed E-state index contributed by atoms with van der Waals surface area (Å²) < 4.78 is 4.63. The second-order valence-corrected chi connectivity index (χ2v) is 2.30. The van der Waals surface area contributed by atoms with Crippen molar-refractivity contribution in [2.24, 2.45) is 0 Å². The molecule has 0 aromatic carbocycles. The van der Waals surface area contributed by atoms with E-state index in [0.29, 0.717) is 5.82 Å². The highest BCUT2D eigenvalue weighted by molar-refractivity contribution is 6.18. The first kappa shape index (κ1) is 8.86. The Balaban J connectivity index is 2.27. The molecule has 1 aromatic heterocycles. The van der Waals surface area contributed by atoms with Gasteiger partial charge in [0.15, 0.2) is 0 Å². The van der Waals surface area contributed by atoms with Gasteiger partial charge in [-0.05, 0) is 0 Å². The third-order valence-corrected chi connectivity index (χ3v) is 1.20. The van der Waals surface area contributed by atoms with E-state index in [1.807, 2.05) is 0 Å². The molecule has 66 valence electrons. The number of aromatic amines is 1. The van der Waals surface area contributed by atoms with Gasteiger partial charge < -0.3 is 4.74 Å². The molecule has 0 atom stereocenters. The minimum absolute atomic E-state index is 0.196. The van der Waals surface area contributed by atoms with Crippen molar-refractivity contribution in [1.29, 1.82) is 0 Å². The van der Waals surface area contributed by atoms with Gasteiger partial charge in [0.1, 0.15) is 12.4 Å². The van der Waals surface area contributed by atoms with Crippen LogP contribution in [0.2, 0.25) is 0 Å². The Kier molecular flexibility index (Phi) is 3.40. The lowest BCUT2D eigenvalue weighted by atomic mass is 10.6. The van der Waals surface area contributed by atoms with Crippen LogP contribution in [-0.2, 0) is 4.74 Å². The Bertz CT molecular complexity index is 237. The number of anilines is 1. The molecule has 0 saturated heterocycles. The van der Waals surface area contributed by atoms with Crippen molar-refractivity contribution >= 4 is 23.5 Å². The van der Waals surface area contributed by atoms with Crippen molar-refractivity contribution in [2.45, 2.75) is 0 Å². The number of halogens is 1. The largest absolute Gasteiger partial charge is 0.448 e. The lowest BCUT2D eigenvalue weighted by Crippen LogP contribution is -2.15. The number of carbonyl (C=O) groups excluding carboxylic acids is 1. The molecule has 0 unspecified atom stereocenters. The molecule has 12 heavy (non-hydrogen) atoms. The molecule has 5 nitrogen and oxygen atoms in total. The topological polar surface area (TPSA) is 67.0 Å². The van der Waals surface area contributed by atoms with E-state index in [-0.39, 0.29) is 12.5 Å². The Morgan fingerprint density at radius 2 is 2.67 bits per heavy atom. The number of H-pyrrole nitrogens is 1. The summed E-state index contributed by atoms with van der Waals surface area (Å²) in [6.07, 6.45) is 0.983. The zero-order chi connectivity index (χ0) is 8.81. The van der Waals surface area contributed by atoms with Crippen molar-refractivity contribution in [1.82, 2.24) is 10.2 Å². The van der Waals surface area contributed by atoms with Crippen LogP contribution in [0.15, 0.2) is 12.3 Å². The summed E-state index contributed by atoms with van der Waals surface area (Å²) in [6.45, 7) is 0.196. The molecular weight excluding hydrogens is 182 g/mol. The van der Waals surface area contributed by atoms with Crippen molar-refractivity contribution in [2.75, 3.05) is 17.8 Å². The minimum Gasteiger partial charge on any atom is -0.448 e. The molecule has 6 heteroatoms. The van der Waals surface area contributed by atoms with E-state index in [1.54, 1.807) is 6.07 Å². The van der Waals surface area contributed by atoms with E-state index >= 15 is 0 Å². The molecule has 0 aliphatic carbocycles. The second kappa shape index (κ2) is 4.61. The number of carbonyl (C=O) groups is 1. The summed E-state index contributed by atoms with van der Waals surface area (Å²) in [5.41, 5.74) is 0. The number of ether oxygens (including phenoxy) is 1. The predicted molar refractivity (Wildman–Crippen MR) is 44.3 cm³/mol. The van der Waals surface area contributed by atoms with Gasteiger partial charge in [-0.2, -0.15) is 5.10 Å². The van der Waals surface area contributed by atoms with Crippen molar-refractivity contribution < 1.29 is 9.53 Å². The van der Waals surface area contributed by atoms with Crippen LogP contribution in [0, 0.1) is 0 Å². The van der Waals surface area contributed by atoms with Crippen molar-refractivity contribution in [3.63, 3.8) is 0 Å². The molecule has 0 aliphatic heterocycles. The van der Waals surface area contributed by atoms with Crippen LogP contribution >= 0.6 is 11.6 Å². The average molecular weight is 190 g/mol. The van der Waals surface area contributed by atoms with Crippen LogP contribution in [0.1, 0.15) is 0 Å². The fourth-order valence-electron chi connectivity index (χ4n) is 0.603. The van der Waals surface area contributed by atoms with Crippen LogP contribution < -0.4 is 5.32 Å². The number of amides is 1. The van der Waals surface area contributed by atoms with Crippen molar-refractivity contribution in [3.05, 3.63) is 12.3 Å². The highest BCUT2D eigenvalue weighted by Gasteiger charge is 2.01. The van der Waals surface area contributed by atoms with Gasteiger partial charge in [-0.25, -0.2) is 4.79 Å². The van der Waals surface area contributed by atoms with Gasteiger partial charge in [0.2, 0.25) is 0 Å². The summed E-state index contributed by atoms with van der Waals surface area (Å²) >= 11 is 5.30. The molecule has 0 fully saturated rings. The molecular formula is C6H8ClN3O2. The van der Waals surface area contributed by atoms with Gasteiger partial charge in [-0.3, -0.25) is 10.4 Å². The number of alkyl halides is 1. The van der Waals surface area contributed by atoms with Crippen LogP contribution in [0.25, 0.3) is 0 Å². The lowest BCUT2D eigenvalue weighted by Gasteiger charge is -2.01. The highest BCUT2D eigenvalue weighted by Crippen LogP contribution is 1.98. The zero-order valence-corrected chi connectivity index (χ0v) is 6.97. The Morgan fingerprint density at radius 1 is 1.83 bits per heavy atom. The smallest absolute Gasteiger partial charge is 0.412 e. The first-order valence-corrected chi connectivity index (χ1v) is 3.85. The quantitative estimate of drug-likeness (QED) is 0.702. The number of rotatable bonds is 3. The maximum atomic E-state index is 10.8. The fraction of sp³-hybridized carbons (Fsp3) is 0.333. The summed E-state index contributed by atoms with van der Waals surface area (Å²) in [4.78, 5) is 10.8. The molecule has 0 radical (unpaired) electrons. The molecule has 2 N–H and O–H groups in total. The first-order chi connectivity index (χ1) is 5.83. The van der Waals surface area contributed by atoms with Gasteiger partial charge in [-0.1, -0.05) is 0 Å². The average Bonchev–Trinajstić information content (AvgIpc) is 2.53. The van der Waals surface area contributed by atoms with Gasteiger partial charge in [0.25, 0.3) is 0 Å². The minimum atomic E-state index is -0.542. The van der Waals surface area contributed by atoms with Crippen LogP contribution in [0.5, 0.6) is 0 Å². The van der Waals surface area contributed by atoms with Gasteiger partial charge in [-0.15, -0.1) is 11.6 Å². The van der Waals surface area contributed by atoms with Gasteiger partial charge >= 0.3 is 6.09 Å². The standard InChI is InChI=1S/C6H8ClN3O2/c7-2-4-12-6(11)9-5-1-3-8-10-5/h1,3H,2,4H2,(H2,8,9,10,11). The Labute approximate surface area is 74.1 Å². The molecule has 1 rings (SSSR count). The monoisotopic (exact) mass is 189 g/mol. The van der Waals surface area contributed by atoms with E-state index < -0.39 is 6.09 Å². The zero-order valence-electron chi connectivity index (χ0n) is 6.21. The van der Waals surface area contributed by atoms with E-state index in [0.717, 1.165) is 0 Å². The number of hydrogen-bond acceptors (Lipinski definition) is 3. The van der Waals surface area contributed by atoms with Crippen LogP contribution in [-0.4, -0.2) is 28.8 Å². The molecule has 0 aliphatic rings. The molecule has 1 aromatic rings. The van der Waals surface area contributed by atoms with Gasteiger partial charge in [0.05, 0.1) is 12.1 Å². The van der Waals surface area contributed by atoms with E-state index in [1.165, 1.54) is 6.20 Å². The summed E-state index contributed by atoms with van der Waals surface area (Å²) in [6, 6.07) is 1.61. The number of nitrogens with one attached hydrogen (secondary N) is 2. The maximum absolute atomic E-state index is 10.8. The summed E-state index contributed by atoms with van der Waals surface area (Å²) in [5, 5.41) is 8.60. The highest BCUT2D eigenvalue weighted by atomic mass is 35.5. The fourth-order valence-corrected chi connectivity index (χ4v) is 0.680. The number of aromatic nitrogens is 2. The predicted octanol–water partition coefficient (Wildman–Crippen LogP) is 1.20. The number of nitrogens with zero attached hydrogens (tertiary/aromatic N) is 1. The van der Waals surface area contributed by atoms with E-state index in [9.17, 15) is 4.79 Å². The van der Waals surface area contributed by atoms with E-state index in [2.05, 4.69) is 20.3 Å². The van der Waals surface area contributed by atoms with Gasteiger partial charge in [0, 0.05) is 6.07 Å². The van der Waals surface area contributed by atoms with Crippen LogP contribution in [0.4, 0.5) is 10.6 Å². The summed E-state index contributed by atoms with van der Waals surface area (Å²) in [7, 11) is 0. The molecule has 0 bridgehead atoms. The normalized spacial score (nSPS) is 9.42. The second-order valence-electron chi connectivity index (χ2n) is 1.92. The number of hydrogen-bond donors (Lipinski definition) is 2. The molecule has 0 spiro atoms. The Morgan fingerprint density at radius 3 is 3.25 bits per heavy atom. The third kappa shape index (κ3) is 2.79. The van der Waals surface area contributed by atoms with Crippen LogP contribution in [0.3, 0.4) is 0 Å². The summed E-state index contributed by atoms with van der Waals surface area (Å²) in [5.74, 6) is 0.783. The molecule has 1 heterocycles. The third-order valence-electron chi connectivity index (χ3n) is 1.05. The van der Waals surface area contributed by atoms with E-state index in [4.69, 9.17) is 11.6 Å². The maximum Gasteiger partial charge on any atom is 0.412 e. The first-order valence-electron chi connectivity index (χ1n) is 3.32. The molecule has 1 amide bonds. The van der Waals surface area contributed by atoms with Crippen molar-refractivity contribution in [3.8, 4) is 0 Å². The SMILES string of the molecule is O=C(Nc1ccn[nH]1)OCCCl. The molecule has 0 saturated carbocycles.